The Labute approximate surface area is 125 Å². The Bertz CT molecular complexity index is 593. The van der Waals surface area contributed by atoms with E-state index >= 15 is 0 Å². The van der Waals surface area contributed by atoms with Crippen molar-refractivity contribution < 1.29 is 9.59 Å². The maximum atomic E-state index is 11.8. The highest BCUT2D eigenvalue weighted by Gasteiger charge is 2.14. The lowest BCUT2D eigenvalue weighted by atomic mass is 10.3. The van der Waals surface area contributed by atoms with Crippen molar-refractivity contribution in [2.45, 2.75) is 0 Å². The Kier molecular flexibility index (Phi) is 4.55. The zero-order valence-corrected chi connectivity index (χ0v) is 12.9. The maximum Gasteiger partial charge on any atom is 0.262 e. The normalized spacial score (nSPS) is 10.3. The van der Waals surface area contributed by atoms with Crippen LogP contribution in [0.2, 0.25) is 4.34 Å². The van der Waals surface area contributed by atoms with E-state index in [1.165, 1.54) is 22.7 Å². The standard InChI is InChI=1S/C11H7BrClNO2S2/c12-6-3-4-17-10(6)11(16)14-5-7(15)8-1-2-9(13)18-8/h1-4H,5H2,(H,14,16). The van der Waals surface area contributed by atoms with Crippen LogP contribution in [0.15, 0.2) is 28.1 Å². The SMILES string of the molecule is O=C(CNC(=O)c1sccc1Br)c1ccc(Cl)s1. The van der Waals surface area contributed by atoms with Gasteiger partial charge >= 0.3 is 0 Å². The summed E-state index contributed by atoms with van der Waals surface area (Å²) in [5.41, 5.74) is 0. The van der Waals surface area contributed by atoms with Crippen molar-refractivity contribution >= 4 is 61.9 Å². The molecule has 0 aliphatic heterocycles. The summed E-state index contributed by atoms with van der Waals surface area (Å²) in [7, 11) is 0. The van der Waals surface area contributed by atoms with E-state index in [0.717, 1.165) is 4.47 Å². The third-order valence-electron chi connectivity index (χ3n) is 2.08. The molecule has 0 unspecified atom stereocenters. The monoisotopic (exact) mass is 363 g/mol. The van der Waals surface area contributed by atoms with Gasteiger partial charge < -0.3 is 5.32 Å². The van der Waals surface area contributed by atoms with Gasteiger partial charge in [-0.2, -0.15) is 0 Å². The lowest BCUT2D eigenvalue weighted by molar-refractivity contribution is 0.0908. The molecule has 2 heterocycles. The smallest absolute Gasteiger partial charge is 0.262 e. The highest BCUT2D eigenvalue weighted by molar-refractivity contribution is 9.10. The van der Waals surface area contributed by atoms with Gasteiger partial charge in [-0.25, -0.2) is 0 Å². The number of thiophene rings is 2. The van der Waals surface area contributed by atoms with Crippen molar-refractivity contribution in [2.75, 3.05) is 6.54 Å². The number of halogens is 2. The van der Waals surface area contributed by atoms with Gasteiger partial charge in [0.05, 0.1) is 15.8 Å². The third-order valence-corrected chi connectivity index (χ3v) is 5.19. The van der Waals surface area contributed by atoms with Gasteiger partial charge in [0, 0.05) is 4.47 Å². The van der Waals surface area contributed by atoms with Crippen LogP contribution < -0.4 is 5.32 Å². The number of hydrogen-bond donors (Lipinski definition) is 1. The number of hydrogen-bond acceptors (Lipinski definition) is 4. The van der Waals surface area contributed by atoms with E-state index in [9.17, 15) is 9.59 Å². The molecule has 0 saturated carbocycles. The minimum Gasteiger partial charge on any atom is -0.344 e. The van der Waals surface area contributed by atoms with Gasteiger partial charge in [-0.1, -0.05) is 11.6 Å². The van der Waals surface area contributed by atoms with E-state index in [1.54, 1.807) is 23.6 Å². The lowest BCUT2D eigenvalue weighted by Crippen LogP contribution is -2.28. The summed E-state index contributed by atoms with van der Waals surface area (Å²) in [5, 5.41) is 4.39. The number of carbonyl (C=O) groups excluding carboxylic acids is 2. The third kappa shape index (κ3) is 3.20. The molecule has 0 saturated heterocycles. The maximum absolute atomic E-state index is 11.8. The quantitative estimate of drug-likeness (QED) is 0.838. The summed E-state index contributed by atoms with van der Waals surface area (Å²) in [6.45, 7) is -0.0278. The van der Waals surface area contributed by atoms with Gasteiger partial charge in [0.15, 0.2) is 5.78 Å². The van der Waals surface area contributed by atoms with Crippen molar-refractivity contribution in [3.63, 3.8) is 0 Å². The number of amides is 1. The molecule has 0 spiro atoms. The summed E-state index contributed by atoms with van der Waals surface area (Å²) < 4.78 is 1.29. The van der Waals surface area contributed by atoms with Crippen molar-refractivity contribution in [1.82, 2.24) is 5.32 Å². The molecule has 1 amide bonds. The Morgan fingerprint density at radius 2 is 2.11 bits per heavy atom. The summed E-state index contributed by atoms with van der Waals surface area (Å²) in [6, 6.07) is 5.11. The zero-order valence-electron chi connectivity index (χ0n) is 8.91. The average Bonchev–Trinajstić information content (AvgIpc) is 2.94. The molecular weight excluding hydrogens is 358 g/mol. The fourth-order valence-electron chi connectivity index (χ4n) is 1.25. The van der Waals surface area contributed by atoms with Gasteiger partial charge in [-0.05, 0) is 39.5 Å². The number of ketones is 1. The molecule has 0 aliphatic rings. The van der Waals surface area contributed by atoms with Crippen LogP contribution in [0.4, 0.5) is 0 Å². The minimum atomic E-state index is -0.257. The van der Waals surface area contributed by atoms with E-state index in [-0.39, 0.29) is 18.2 Å². The molecule has 0 radical (unpaired) electrons. The van der Waals surface area contributed by atoms with Crippen LogP contribution in [-0.2, 0) is 0 Å². The predicted molar refractivity (Wildman–Crippen MR) is 78.0 cm³/mol. The van der Waals surface area contributed by atoms with Gasteiger partial charge in [0.1, 0.15) is 4.88 Å². The van der Waals surface area contributed by atoms with E-state index < -0.39 is 0 Å². The predicted octanol–water partition coefficient (Wildman–Crippen LogP) is 3.84. The second kappa shape index (κ2) is 5.97. The fourth-order valence-corrected chi connectivity index (χ4v) is 3.70. The Morgan fingerprint density at radius 3 is 2.67 bits per heavy atom. The fraction of sp³-hybridized carbons (Fsp3) is 0.0909. The van der Waals surface area contributed by atoms with E-state index in [0.29, 0.717) is 14.1 Å². The topological polar surface area (TPSA) is 46.2 Å². The largest absolute Gasteiger partial charge is 0.344 e. The van der Waals surface area contributed by atoms with Gasteiger partial charge in [-0.3, -0.25) is 9.59 Å². The van der Waals surface area contributed by atoms with Crippen LogP contribution in [0.25, 0.3) is 0 Å². The van der Waals surface area contributed by atoms with Crippen molar-refractivity contribution in [1.29, 1.82) is 0 Å². The van der Waals surface area contributed by atoms with Crippen molar-refractivity contribution in [3.8, 4) is 0 Å². The van der Waals surface area contributed by atoms with Gasteiger partial charge in [0.25, 0.3) is 5.91 Å². The molecule has 94 valence electrons. The molecule has 0 atom stereocenters. The molecule has 0 aromatic carbocycles. The Morgan fingerprint density at radius 1 is 1.33 bits per heavy atom. The van der Waals surface area contributed by atoms with E-state index in [4.69, 9.17) is 11.6 Å². The lowest BCUT2D eigenvalue weighted by Gasteiger charge is -2.02. The summed E-state index contributed by atoms with van der Waals surface area (Å²) in [4.78, 5) is 24.6. The molecule has 0 fully saturated rings. The van der Waals surface area contributed by atoms with Crippen LogP contribution in [-0.4, -0.2) is 18.2 Å². The molecule has 3 nitrogen and oxygen atoms in total. The van der Waals surface area contributed by atoms with Crippen LogP contribution >= 0.6 is 50.2 Å². The number of nitrogens with one attached hydrogen (secondary N) is 1. The first kappa shape index (κ1) is 13.7. The second-order valence-electron chi connectivity index (χ2n) is 3.31. The van der Waals surface area contributed by atoms with Crippen molar-refractivity contribution in [3.05, 3.63) is 42.1 Å². The average molecular weight is 365 g/mol. The number of Topliss-reactive ketones (excluding diaryl/α,β-unsaturated/α-hetero) is 1. The van der Waals surface area contributed by atoms with Gasteiger partial charge in [0.2, 0.25) is 0 Å². The summed E-state index contributed by atoms with van der Waals surface area (Å²) >= 11 is 11.5. The molecule has 2 rings (SSSR count). The van der Waals surface area contributed by atoms with Crippen LogP contribution in [0.1, 0.15) is 19.3 Å². The molecule has 18 heavy (non-hydrogen) atoms. The zero-order chi connectivity index (χ0) is 13.1. The molecular formula is C11H7BrClNO2S2. The summed E-state index contributed by atoms with van der Waals surface area (Å²) in [5.74, 6) is -0.402. The second-order valence-corrected chi connectivity index (χ2v) is 6.79. The number of rotatable bonds is 4. The molecule has 2 aromatic rings. The summed E-state index contributed by atoms with van der Waals surface area (Å²) in [6.07, 6.45) is 0. The van der Waals surface area contributed by atoms with Crippen LogP contribution in [0.5, 0.6) is 0 Å². The van der Waals surface area contributed by atoms with E-state index in [2.05, 4.69) is 21.2 Å². The first-order chi connectivity index (χ1) is 8.58. The van der Waals surface area contributed by atoms with Crippen molar-refractivity contribution in [2.24, 2.45) is 0 Å². The Hall–Kier alpha value is -0.690. The highest BCUT2D eigenvalue weighted by Crippen LogP contribution is 2.23. The van der Waals surface area contributed by atoms with Gasteiger partial charge in [-0.15, -0.1) is 22.7 Å². The Balaban J connectivity index is 1.94. The van der Waals surface area contributed by atoms with E-state index in [1.807, 2.05) is 0 Å². The first-order valence-corrected chi connectivity index (χ1v) is 7.74. The van der Waals surface area contributed by atoms with Crippen LogP contribution in [0.3, 0.4) is 0 Å². The molecule has 7 heteroatoms. The minimum absolute atomic E-state index is 0.0278. The highest BCUT2D eigenvalue weighted by atomic mass is 79.9. The molecule has 0 aliphatic carbocycles. The molecule has 1 N–H and O–H groups in total. The number of carbonyl (C=O) groups is 2. The molecule has 2 aromatic heterocycles. The first-order valence-electron chi connectivity index (χ1n) is 4.87. The molecule has 0 bridgehead atoms. The van der Waals surface area contributed by atoms with Crippen LogP contribution in [0, 0.1) is 0 Å².